The molecule has 3 heteroatoms. The van der Waals surface area contributed by atoms with E-state index in [1.165, 1.54) is 0 Å². The van der Waals surface area contributed by atoms with Crippen molar-refractivity contribution in [1.29, 1.82) is 0 Å². The Balaban J connectivity index is 2.84. The lowest BCUT2D eigenvalue weighted by atomic mass is 9.78. The van der Waals surface area contributed by atoms with Crippen molar-refractivity contribution in [3.05, 3.63) is 29.8 Å². The lowest BCUT2D eigenvalue weighted by molar-refractivity contribution is 0.0829. The Morgan fingerprint density at radius 2 is 1.65 bits per heavy atom. The fourth-order valence-corrected chi connectivity index (χ4v) is 2.14. The van der Waals surface area contributed by atoms with Gasteiger partial charge in [0.2, 0.25) is 0 Å². The lowest BCUT2D eigenvalue weighted by Gasteiger charge is -2.38. The average molecular weight is 277 g/mol. The molecule has 0 unspecified atom stereocenters. The largest absolute Gasteiger partial charge is 0.494 e. The van der Waals surface area contributed by atoms with Crippen LogP contribution < -0.4 is 10.1 Å². The third-order valence-corrected chi connectivity index (χ3v) is 4.21. The molecular formula is C17H27NO2. The summed E-state index contributed by atoms with van der Waals surface area (Å²) >= 11 is 0. The molecule has 0 aliphatic rings. The third-order valence-electron chi connectivity index (χ3n) is 4.21. The van der Waals surface area contributed by atoms with Crippen LogP contribution >= 0.6 is 0 Å². The van der Waals surface area contributed by atoms with E-state index in [2.05, 4.69) is 39.9 Å². The number of carbonyl (C=O) groups is 1. The Morgan fingerprint density at radius 1 is 1.15 bits per heavy atom. The normalized spacial score (nSPS) is 11.8. The highest BCUT2D eigenvalue weighted by Gasteiger charge is 2.33. The molecule has 0 bridgehead atoms. The summed E-state index contributed by atoms with van der Waals surface area (Å²) in [5.74, 6) is 1.50. The number of hydrogen-bond donors (Lipinski definition) is 1. The fraction of sp³-hybridized carbons (Fsp3) is 0.588. The SMILES string of the molecule is CCOc1ccc(C(=O)NC(C)(C(C)C)C(C)C)cc1. The second-order valence-electron chi connectivity index (χ2n) is 6.00. The minimum Gasteiger partial charge on any atom is -0.494 e. The van der Waals surface area contributed by atoms with Crippen molar-refractivity contribution < 1.29 is 9.53 Å². The van der Waals surface area contributed by atoms with Gasteiger partial charge in [0.15, 0.2) is 0 Å². The number of amides is 1. The van der Waals surface area contributed by atoms with E-state index in [0.717, 1.165) is 5.75 Å². The summed E-state index contributed by atoms with van der Waals surface area (Å²) in [6, 6.07) is 7.28. The molecule has 0 saturated carbocycles. The van der Waals surface area contributed by atoms with Gasteiger partial charge >= 0.3 is 0 Å². The first-order chi connectivity index (χ1) is 9.31. The van der Waals surface area contributed by atoms with Crippen LogP contribution in [0.2, 0.25) is 0 Å². The van der Waals surface area contributed by atoms with Crippen LogP contribution in [0.3, 0.4) is 0 Å². The van der Waals surface area contributed by atoms with E-state index in [-0.39, 0.29) is 11.4 Å². The van der Waals surface area contributed by atoms with Crippen molar-refractivity contribution in [3.8, 4) is 5.75 Å². The highest BCUT2D eigenvalue weighted by molar-refractivity contribution is 5.94. The van der Waals surface area contributed by atoms with Crippen LogP contribution in [0.5, 0.6) is 5.75 Å². The third kappa shape index (κ3) is 3.75. The van der Waals surface area contributed by atoms with Gasteiger partial charge in [-0.1, -0.05) is 27.7 Å². The predicted octanol–water partition coefficient (Wildman–Crippen LogP) is 3.89. The molecule has 0 heterocycles. The van der Waals surface area contributed by atoms with Crippen molar-refractivity contribution in [1.82, 2.24) is 5.32 Å². The highest BCUT2D eigenvalue weighted by atomic mass is 16.5. The van der Waals surface area contributed by atoms with Crippen molar-refractivity contribution in [2.45, 2.75) is 47.1 Å². The van der Waals surface area contributed by atoms with Crippen molar-refractivity contribution in [3.63, 3.8) is 0 Å². The zero-order chi connectivity index (χ0) is 15.3. The topological polar surface area (TPSA) is 38.3 Å². The Bertz CT molecular complexity index is 427. The molecular weight excluding hydrogens is 250 g/mol. The summed E-state index contributed by atoms with van der Waals surface area (Å²) in [6.07, 6.45) is 0. The molecule has 1 amide bonds. The Morgan fingerprint density at radius 3 is 2.05 bits per heavy atom. The lowest BCUT2D eigenvalue weighted by Crippen LogP contribution is -2.53. The molecule has 0 atom stereocenters. The molecule has 20 heavy (non-hydrogen) atoms. The zero-order valence-corrected chi connectivity index (χ0v) is 13.5. The number of nitrogens with one attached hydrogen (secondary N) is 1. The summed E-state index contributed by atoms with van der Waals surface area (Å²) in [5, 5.41) is 3.18. The van der Waals surface area contributed by atoms with Crippen molar-refractivity contribution in [2.75, 3.05) is 6.61 Å². The molecule has 112 valence electrons. The molecule has 1 N–H and O–H groups in total. The number of rotatable bonds is 6. The predicted molar refractivity (Wildman–Crippen MR) is 83.2 cm³/mol. The van der Waals surface area contributed by atoms with Gasteiger partial charge in [-0.3, -0.25) is 4.79 Å². The molecule has 0 spiro atoms. The number of ether oxygens (including phenoxy) is 1. The number of carbonyl (C=O) groups excluding carboxylic acids is 1. The van der Waals surface area contributed by atoms with Gasteiger partial charge < -0.3 is 10.1 Å². The van der Waals surface area contributed by atoms with Gasteiger partial charge in [0.1, 0.15) is 5.75 Å². The van der Waals surface area contributed by atoms with Crippen molar-refractivity contribution in [2.24, 2.45) is 11.8 Å². The van der Waals surface area contributed by atoms with Crippen LogP contribution in [0, 0.1) is 11.8 Å². The molecule has 3 nitrogen and oxygen atoms in total. The second-order valence-corrected chi connectivity index (χ2v) is 6.00. The molecule has 0 radical (unpaired) electrons. The van der Waals surface area contributed by atoms with Gasteiger partial charge in [-0.15, -0.1) is 0 Å². The average Bonchev–Trinajstić information content (AvgIpc) is 2.39. The maximum atomic E-state index is 12.4. The zero-order valence-electron chi connectivity index (χ0n) is 13.5. The van der Waals surface area contributed by atoms with Gasteiger partial charge in [0.25, 0.3) is 5.91 Å². The summed E-state index contributed by atoms with van der Waals surface area (Å²) in [5.41, 5.74) is 0.455. The minimum absolute atomic E-state index is 0.0297. The van der Waals surface area contributed by atoms with E-state index in [4.69, 9.17) is 4.74 Å². The first-order valence-corrected chi connectivity index (χ1v) is 7.36. The number of benzene rings is 1. The van der Waals surface area contributed by atoms with E-state index in [0.29, 0.717) is 24.0 Å². The second kappa shape index (κ2) is 6.78. The van der Waals surface area contributed by atoms with Gasteiger partial charge in [-0.05, 0) is 49.9 Å². The van der Waals surface area contributed by atoms with Crippen LogP contribution in [0.25, 0.3) is 0 Å². The van der Waals surface area contributed by atoms with E-state index >= 15 is 0 Å². The standard InChI is InChI=1S/C17H27NO2/c1-7-20-15-10-8-14(9-11-15)16(19)18-17(6,12(2)3)13(4)5/h8-13H,7H2,1-6H3,(H,18,19). The summed E-state index contributed by atoms with van der Waals surface area (Å²) < 4.78 is 5.39. The fourth-order valence-electron chi connectivity index (χ4n) is 2.14. The summed E-state index contributed by atoms with van der Waals surface area (Å²) in [7, 11) is 0. The smallest absolute Gasteiger partial charge is 0.251 e. The van der Waals surface area contributed by atoms with Crippen molar-refractivity contribution >= 4 is 5.91 Å². The van der Waals surface area contributed by atoms with Crippen LogP contribution in [-0.2, 0) is 0 Å². The molecule has 1 aromatic rings. The molecule has 0 aliphatic carbocycles. The summed E-state index contributed by atoms with van der Waals surface area (Å²) in [4.78, 5) is 12.4. The molecule has 1 aromatic carbocycles. The Kier molecular flexibility index (Phi) is 5.61. The van der Waals surface area contributed by atoms with Gasteiger partial charge in [0, 0.05) is 11.1 Å². The minimum atomic E-state index is -0.213. The van der Waals surface area contributed by atoms with Gasteiger partial charge in [-0.2, -0.15) is 0 Å². The molecule has 0 aliphatic heterocycles. The molecule has 0 fully saturated rings. The van der Waals surface area contributed by atoms with Crippen LogP contribution in [0.4, 0.5) is 0 Å². The van der Waals surface area contributed by atoms with Crippen LogP contribution in [0.15, 0.2) is 24.3 Å². The summed E-state index contributed by atoms with van der Waals surface area (Å²) in [6.45, 7) is 13.2. The Hall–Kier alpha value is -1.51. The Labute approximate surface area is 122 Å². The molecule has 0 aromatic heterocycles. The number of hydrogen-bond acceptors (Lipinski definition) is 2. The quantitative estimate of drug-likeness (QED) is 0.856. The van der Waals surface area contributed by atoms with E-state index < -0.39 is 0 Å². The van der Waals surface area contributed by atoms with Gasteiger partial charge in [-0.25, -0.2) is 0 Å². The van der Waals surface area contributed by atoms with Crippen LogP contribution in [0.1, 0.15) is 51.9 Å². The van der Waals surface area contributed by atoms with E-state index in [1.807, 2.05) is 19.1 Å². The molecule has 1 rings (SSSR count). The van der Waals surface area contributed by atoms with Crippen LogP contribution in [-0.4, -0.2) is 18.1 Å². The molecule has 0 saturated heterocycles. The maximum Gasteiger partial charge on any atom is 0.251 e. The van der Waals surface area contributed by atoms with E-state index in [1.54, 1.807) is 12.1 Å². The monoisotopic (exact) mass is 277 g/mol. The first kappa shape index (κ1) is 16.5. The van der Waals surface area contributed by atoms with E-state index in [9.17, 15) is 4.79 Å². The maximum absolute atomic E-state index is 12.4. The van der Waals surface area contributed by atoms with Gasteiger partial charge in [0.05, 0.1) is 6.61 Å². The highest BCUT2D eigenvalue weighted by Crippen LogP contribution is 2.26. The first-order valence-electron chi connectivity index (χ1n) is 7.36.